The number of aliphatic imine (C=N–C) groups is 1. The smallest absolute Gasteiger partial charge is 0.122 e. The Hall–Kier alpha value is -0.790. The van der Waals surface area contributed by atoms with Crippen LogP contribution in [-0.4, -0.2) is 30.9 Å². The van der Waals surface area contributed by atoms with Crippen molar-refractivity contribution in [2.45, 2.75) is 20.3 Å². The zero-order valence-electron chi connectivity index (χ0n) is 8.25. The largest absolute Gasteiger partial charge is 0.360 e. The summed E-state index contributed by atoms with van der Waals surface area (Å²) in [6.07, 6.45) is 5.57. The Kier molecular flexibility index (Phi) is 3.32. The van der Waals surface area contributed by atoms with E-state index in [1.807, 2.05) is 0 Å². The van der Waals surface area contributed by atoms with E-state index in [9.17, 15) is 0 Å². The van der Waals surface area contributed by atoms with E-state index < -0.39 is 0 Å². The summed E-state index contributed by atoms with van der Waals surface area (Å²) in [5.41, 5.74) is 0. The van der Waals surface area contributed by atoms with Crippen molar-refractivity contribution >= 4 is 5.84 Å². The van der Waals surface area contributed by atoms with Crippen molar-refractivity contribution < 1.29 is 0 Å². The molecule has 0 amide bonds. The number of amidine groups is 1. The summed E-state index contributed by atoms with van der Waals surface area (Å²) in [6, 6.07) is 0. The van der Waals surface area contributed by atoms with Gasteiger partial charge in [-0.05, 0) is 25.3 Å². The van der Waals surface area contributed by atoms with Crippen molar-refractivity contribution in [3.63, 3.8) is 0 Å². The number of hydrogen-bond acceptors (Lipinski definition) is 2. The summed E-state index contributed by atoms with van der Waals surface area (Å²) in [5.74, 6) is 1.80. The van der Waals surface area contributed by atoms with Crippen molar-refractivity contribution in [1.82, 2.24) is 4.90 Å². The quantitative estimate of drug-likeness (QED) is 0.581. The molecule has 68 valence electrons. The molecule has 1 aliphatic rings. The lowest BCUT2D eigenvalue weighted by molar-refractivity contribution is 0.535. The molecular formula is C10H18N2. The Balaban J connectivity index is 2.63. The molecule has 2 heteroatoms. The van der Waals surface area contributed by atoms with Crippen LogP contribution in [-0.2, 0) is 0 Å². The summed E-state index contributed by atoms with van der Waals surface area (Å²) in [7, 11) is 2.08. The van der Waals surface area contributed by atoms with E-state index in [1.54, 1.807) is 0 Å². The topological polar surface area (TPSA) is 15.6 Å². The van der Waals surface area contributed by atoms with Crippen LogP contribution in [0.3, 0.4) is 0 Å². The van der Waals surface area contributed by atoms with Crippen molar-refractivity contribution in [3.8, 4) is 0 Å². The maximum absolute atomic E-state index is 4.50. The number of allylic oxidation sites excluding steroid dienone is 1. The Morgan fingerprint density at radius 3 is 3.08 bits per heavy atom. The minimum Gasteiger partial charge on any atom is -0.360 e. The van der Waals surface area contributed by atoms with Crippen LogP contribution in [0.25, 0.3) is 0 Å². The van der Waals surface area contributed by atoms with E-state index >= 15 is 0 Å². The normalized spacial score (nSPS) is 23.2. The van der Waals surface area contributed by atoms with Crippen LogP contribution in [0.1, 0.15) is 20.3 Å². The van der Waals surface area contributed by atoms with E-state index in [-0.39, 0.29) is 0 Å². The highest BCUT2D eigenvalue weighted by molar-refractivity contribution is 5.92. The predicted molar refractivity (Wildman–Crippen MR) is 53.5 cm³/mol. The van der Waals surface area contributed by atoms with E-state index in [2.05, 4.69) is 42.9 Å². The minimum atomic E-state index is 0.677. The van der Waals surface area contributed by atoms with Crippen LogP contribution in [0.5, 0.6) is 0 Å². The first-order valence-electron chi connectivity index (χ1n) is 4.67. The lowest BCUT2D eigenvalue weighted by Crippen LogP contribution is -2.24. The molecule has 1 heterocycles. The molecule has 0 aromatic rings. The summed E-state index contributed by atoms with van der Waals surface area (Å²) >= 11 is 0. The summed E-state index contributed by atoms with van der Waals surface area (Å²) in [4.78, 5) is 6.68. The molecule has 1 unspecified atom stereocenters. The van der Waals surface area contributed by atoms with Crippen LogP contribution in [0.4, 0.5) is 0 Å². The average Bonchev–Trinajstić information content (AvgIpc) is 2.29. The number of likely N-dealkylation sites (N-methyl/N-ethyl adjacent to an activating group) is 1. The highest BCUT2D eigenvalue weighted by Gasteiger charge is 2.05. The molecule has 0 N–H and O–H groups in total. The molecule has 0 spiro atoms. The Morgan fingerprint density at radius 2 is 2.42 bits per heavy atom. The van der Waals surface area contributed by atoms with Gasteiger partial charge in [-0.2, -0.15) is 0 Å². The van der Waals surface area contributed by atoms with Crippen LogP contribution < -0.4 is 0 Å². The van der Waals surface area contributed by atoms with Gasteiger partial charge in [0.2, 0.25) is 0 Å². The van der Waals surface area contributed by atoms with Crippen LogP contribution in [0.2, 0.25) is 0 Å². The molecule has 12 heavy (non-hydrogen) atoms. The van der Waals surface area contributed by atoms with Gasteiger partial charge in [0.05, 0.1) is 0 Å². The molecular weight excluding hydrogens is 148 g/mol. The maximum Gasteiger partial charge on any atom is 0.122 e. The van der Waals surface area contributed by atoms with Gasteiger partial charge in [-0.1, -0.05) is 13.0 Å². The zero-order chi connectivity index (χ0) is 8.97. The molecule has 0 saturated carbocycles. The van der Waals surface area contributed by atoms with Crippen molar-refractivity contribution in [3.05, 3.63) is 12.2 Å². The highest BCUT2D eigenvalue weighted by atomic mass is 15.1. The highest BCUT2D eigenvalue weighted by Crippen LogP contribution is 2.08. The van der Waals surface area contributed by atoms with Gasteiger partial charge in [-0.15, -0.1) is 0 Å². The fraction of sp³-hybridized carbons (Fsp3) is 0.700. The van der Waals surface area contributed by atoms with Crippen LogP contribution in [0.15, 0.2) is 17.1 Å². The Labute approximate surface area is 75.0 Å². The molecule has 1 aliphatic heterocycles. The summed E-state index contributed by atoms with van der Waals surface area (Å²) in [6.45, 7) is 6.37. The second kappa shape index (κ2) is 4.29. The fourth-order valence-corrected chi connectivity index (χ4v) is 1.19. The minimum absolute atomic E-state index is 0.677. The second-order valence-corrected chi connectivity index (χ2v) is 3.38. The predicted octanol–water partition coefficient (Wildman–Crippen LogP) is 1.93. The first kappa shape index (κ1) is 9.30. The molecule has 0 aliphatic carbocycles. The molecule has 1 atom stereocenters. The number of nitrogens with zero attached hydrogens (tertiary/aromatic N) is 2. The van der Waals surface area contributed by atoms with Gasteiger partial charge in [-0.3, -0.25) is 4.99 Å². The third-order valence-corrected chi connectivity index (χ3v) is 2.30. The van der Waals surface area contributed by atoms with E-state index in [1.165, 1.54) is 6.42 Å². The SMILES string of the molecule is CCN(C)C1=NCCC(C)C=C1. The second-order valence-electron chi connectivity index (χ2n) is 3.38. The molecule has 0 aromatic carbocycles. The molecule has 2 nitrogen and oxygen atoms in total. The van der Waals surface area contributed by atoms with Crippen molar-refractivity contribution in [2.75, 3.05) is 20.1 Å². The molecule has 1 rings (SSSR count). The first-order chi connectivity index (χ1) is 5.74. The summed E-state index contributed by atoms with van der Waals surface area (Å²) < 4.78 is 0. The Bertz CT molecular complexity index is 194. The van der Waals surface area contributed by atoms with Gasteiger partial charge in [0.25, 0.3) is 0 Å². The number of hydrogen-bond donors (Lipinski definition) is 0. The van der Waals surface area contributed by atoms with Gasteiger partial charge in [0.15, 0.2) is 0 Å². The van der Waals surface area contributed by atoms with Crippen LogP contribution >= 0.6 is 0 Å². The van der Waals surface area contributed by atoms with Crippen LogP contribution in [0, 0.1) is 5.92 Å². The molecule has 0 radical (unpaired) electrons. The monoisotopic (exact) mass is 166 g/mol. The fourth-order valence-electron chi connectivity index (χ4n) is 1.19. The van der Waals surface area contributed by atoms with Crippen molar-refractivity contribution in [1.29, 1.82) is 0 Å². The first-order valence-corrected chi connectivity index (χ1v) is 4.67. The van der Waals surface area contributed by atoms with Gasteiger partial charge in [0.1, 0.15) is 5.84 Å². The third-order valence-electron chi connectivity index (χ3n) is 2.30. The average molecular weight is 166 g/mol. The summed E-state index contributed by atoms with van der Waals surface area (Å²) in [5, 5.41) is 0. The lowest BCUT2D eigenvalue weighted by atomic mass is 10.1. The van der Waals surface area contributed by atoms with Gasteiger partial charge in [-0.25, -0.2) is 0 Å². The molecule has 0 bridgehead atoms. The van der Waals surface area contributed by atoms with Gasteiger partial charge in [0, 0.05) is 20.1 Å². The van der Waals surface area contributed by atoms with E-state index in [4.69, 9.17) is 0 Å². The molecule has 0 saturated heterocycles. The lowest BCUT2D eigenvalue weighted by Gasteiger charge is -2.15. The van der Waals surface area contributed by atoms with E-state index in [0.29, 0.717) is 5.92 Å². The molecule has 0 aromatic heterocycles. The van der Waals surface area contributed by atoms with Gasteiger partial charge >= 0.3 is 0 Å². The standard InChI is InChI=1S/C10H18N2/c1-4-12(3)10-6-5-9(2)7-8-11-10/h5-6,9H,4,7-8H2,1-3H3. The third kappa shape index (κ3) is 2.36. The molecule has 0 fully saturated rings. The Morgan fingerprint density at radius 1 is 1.67 bits per heavy atom. The van der Waals surface area contributed by atoms with Crippen molar-refractivity contribution in [2.24, 2.45) is 10.9 Å². The van der Waals surface area contributed by atoms with Gasteiger partial charge < -0.3 is 4.90 Å². The number of rotatable bonds is 1. The van der Waals surface area contributed by atoms with E-state index in [0.717, 1.165) is 18.9 Å². The maximum atomic E-state index is 4.50. The zero-order valence-corrected chi connectivity index (χ0v) is 8.25.